The molecule has 0 aromatic carbocycles. The number of carbonyl (C=O) groups excluding carboxylic acids is 2. The number of ketones is 1. The van der Waals surface area contributed by atoms with Crippen molar-refractivity contribution in [2.45, 2.75) is 40.0 Å². The summed E-state index contributed by atoms with van der Waals surface area (Å²) in [7, 11) is 0. The van der Waals surface area contributed by atoms with Gasteiger partial charge in [0.25, 0.3) is 0 Å². The molecule has 0 radical (unpaired) electrons. The maximum Gasteiger partial charge on any atom is 0.306 e. The topological polar surface area (TPSA) is 43.4 Å². The van der Waals surface area contributed by atoms with Crippen molar-refractivity contribution < 1.29 is 14.3 Å². The van der Waals surface area contributed by atoms with Gasteiger partial charge in [0.15, 0.2) is 0 Å². The first-order valence-electron chi connectivity index (χ1n) is 5.78. The van der Waals surface area contributed by atoms with Crippen LogP contribution in [0.25, 0.3) is 0 Å². The van der Waals surface area contributed by atoms with Crippen LogP contribution in [0.5, 0.6) is 0 Å². The average Bonchev–Trinajstić information content (AvgIpc) is 2.22. The summed E-state index contributed by atoms with van der Waals surface area (Å²) in [5.41, 5.74) is 0.564. The molecule has 0 aromatic rings. The molecule has 16 heavy (non-hydrogen) atoms. The van der Waals surface area contributed by atoms with Crippen LogP contribution in [0.4, 0.5) is 0 Å². The highest BCUT2D eigenvalue weighted by Crippen LogP contribution is 2.45. The van der Waals surface area contributed by atoms with Gasteiger partial charge in [0.2, 0.25) is 0 Å². The molecule has 0 bridgehead atoms. The largest absolute Gasteiger partial charge is 0.466 e. The minimum Gasteiger partial charge on any atom is -0.466 e. The molecule has 3 heteroatoms. The van der Waals surface area contributed by atoms with E-state index in [-0.39, 0.29) is 24.1 Å². The Balaban J connectivity index is 2.82. The fraction of sp³-hybridized carbons (Fsp3) is 0.692. The average molecular weight is 224 g/mol. The molecule has 3 nitrogen and oxygen atoms in total. The summed E-state index contributed by atoms with van der Waals surface area (Å²) in [5.74, 6) is -0.162. The van der Waals surface area contributed by atoms with Crippen molar-refractivity contribution in [2.24, 2.45) is 11.3 Å². The Morgan fingerprint density at radius 3 is 2.75 bits per heavy atom. The number of hydrogen-bond acceptors (Lipinski definition) is 3. The van der Waals surface area contributed by atoms with Crippen molar-refractivity contribution in [1.29, 1.82) is 0 Å². The van der Waals surface area contributed by atoms with Crippen LogP contribution in [0.1, 0.15) is 40.0 Å². The third-order valence-electron chi connectivity index (χ3n) is 3.74. The van der Waals surface area contributed by atoms with Crippen LogP contribution in [0.2, 0.25) is 0 Å². The summed E-state index contributed by atoms with van der Waals surface area (Å²) in [6.07, 6.45) is 1.50. The van der Waals surface area contributed by atoms with Gasteiger partial charge in [0.1, 0.15) is 5.78 Å². The van der Waals surface area contributed by atoms with Gasteiger partial charge in [-0.1, -0.05) is 26.0 Å². The van der Waals surface area contributed by atoms with Crippen LogP contribution < -0.4 is 0 Å². The summed E-state index contributed by atoms with van der Waals surface area (Å²) < 4.78 is 4.95. The third kappa shape index (κ3) is 2.34. The van der Waals surface area contributed by atoms with Gasteiger partial charge in [0, 0.05) is 17.8 Å². The summed E-state index contributed by atoms with van der Waals surface area (Å²) in [5, 5.41) is 0. The third-order valence-corrected chi connectivity index (χ3v) is 3.74. The molecule has 0 aromatic heterocycles. The number of Topliss-reactive ketones (excluding diaryl/α,β-unsaturated/α-hetero) is 1. The van der Waals surface area contributed by atoms with Crippen LogP contribution in [-0.2, 0) is 14.3 Å². The first kappa shape index (κ1) is 12.9. The minimum absolute atomic E-state index is 0.141. The van der Waals surface area contributed by atoms with Crippen molar-refractivity contribution in [1.82, 2.24) is 0 Å². The zero-order valence-electron chi connectivity index (χ0n) is 10.3. The molecule has 0 N–H and O–H groups in total. The normalized spacial score (nSPS) is 30.3. The Kier molecular flexibility index (Phi) is 3.89. The van der Waals surface area contributed by atoms with Crippen LogP contribution in [0.3, 0.4) is 0 Å². The van der Waals surface area contributed by atoms with E-state index in [0.29, 0.717) is 19.4 Å². The lowest BCUT2D eigenvalue weighted by atomic mass is 9.63. The predicted molar refractivity (Wildman–Crippen MR) is 61.9 cm³/mol. The molecule has 1 aliphatic rings. The molecule has 0 spiro atoms. The standard InChI is InChI=1S/C13H20O3/c1-5-16-12(15)8-13(4)9(2)6-7-11(14)10(13)3/h10H,2,5-8H2,1,3-4H3/t10?,13-/m1/s1. The maximum atomic E-state index is 11.7. The molecule has 1 saturated carbocycles. The van der Waals surface area contributed by atoms with E-state index in [0.717, 1.165) is 5.57 Å². The van der Waals surface area contributed by atoms with Crippen molar-refractivity contribution in [3.05, 3.63) is 12.2 Å². The molecule has 90 valence electrons. The van der Waals surface area contributed by atoms with Crippen molar-refractivity contribution in [2.75, 3.05) is 6.61 Å². The lowest BCUT2D eigenvalue weighted by molar-refractivity contribution is -0.146. The Morgan fingerprint density at radius 1 is 1.56 bits per heavy atom. The van der Waals surface area contributed by atoms with Gasteiger partial charge >= 0.3 is 5.97 Å². The Hall–Kier alpha value is -1.12. The number of esters is 1. The van der Waals surface area contributed by atoms with E-state index in [2.05, 4.69) is 6.58 Å². The van der Waals surface area contributed by atoms with E-state index in [1.165, 1.54) is 0 Å². The molecule has 1 aliphatic carbocycles. The maximum absolute atomic E-state index is 11.7. The van der Waals surface area contributed by atoms with E-state index >= 15 is 0 Å². The molecule has 0 heterocycles. The Bertz CT molecular complexity index is 319. The highest BCUT2D eigenvalue weighted by Gasteiger charge is 2.43. The second-order valence-corrected chi connectivity index (χ2v) is 4.69. The minimum atomic E-state index is -0.429. The van der Waals surface area contributed by atoms with Crippen molar-refractivity contribution >= 4 is 11.8 Å². The molecule has 2 atom stereocenters. The molecular formula is C13H20O3. The molecule has 0 amide bonds. The summed E-state index contributed by atoms with van der Waals surface area (Å²) in [6.45, 7) is 9.99. The van der Waals surface area contributed by atoms with E-state index in [1.807, 2.05) is 13.8 Å². The number of rotatable bonds is 3. The van der Waals surface area contributed by atoms with E-state index in [4.69, 9.17) is 4.74 Å². The SMILES string of the molecule is C=C1CCC(=O)C(C)[C@]1(C)CC(=O)OCC. The van der Waals surface area contributed by atoms with Gasteiger partial charge in [-0.2, -0.15) is 0 Å². The summed E-state index contributed by atoms with van der Waals surface area (Å²) >= 11 is 0. The van der Waals surface area contributed by atoms with Crippen LogP contribution in [0, 0.1) is 11.3 Å². The van der Waals surface area contributed by atoms with Crippen LogP contribution in [-0.4, -0.2) is 18.4 Å². The summed E-state index contributed by atoms with van der Waals surface area (Å²) in [4.78, 5) is 23.2. The number of allylic oxidation sites excluding steroid dienone is 1. The molecule has 1 unspecified atom stereocenters. The van der Waals surface area contributed by atoms with Gasteiger partial charge in [0.05, 0.1) is 13.0 Å². The first-order chi connectivity index (χ1) is 7.41. The van der Waals surface area contributed by atoms with E-state index < -0.39 is 5.41 Å². The summed E-state index contributed by atoms with van der Waals surface area (Å²) in [6, 6.07) is 0. The second-order valence-electron chi connectivity index (χ2n) is 4.69. The number of carbonyl (C=O) groups is 2. The molecular weight excluding hydrogens is 204 g/mol. The van der Waals surface area contributed by atoms with E-state index in [9.17, 15) is 9.59 Å². The fourth-order valence-electron chi connectivity index (χ4n) is 2.23. The smallest absolute Gasteiger partial charge is 0.306 e. The number of hydrogen-bond donors (Lipinski definition) is 0. The molecule has 0 saturated heterocycles. The predicted octanol–water partition coefficient (Wildman–Crippen LogP) is 2.50. The Morgan fingerprint density at radius 2 is 2.19 bits per heavy atom. The lowest BCUT2D eigenvalue weighted by Crippen LogP contribution is -2.39. The van der Waals surface area contributed by atoms with Crippen LogP contribution in [0.15, 0.2) is 12.2 Å². The highest BCUT2D eigenvalue weighted by atomic mass is 16.5. The zero-order valence-corrected chi connectivity index (χ0v) is 10.3. The van der Waals surface area contributed by atoms with Crippen molar-refractivity contribution in [3.8, 4) is 0 Å². The first-order valence-corrected chi connectivity index (χ1v) is 5.78. The van der Waals surface area contributed by atoms with Gasteiger partial charge in [-0.15, -0.1) is 0 Å². The lowest BCUT2D eigenvalue weighted by Gasteiger charge is -2.39. The van der Waals surface area contributed by atoms with Gasteiger partial charge < -0.3 is 4.74 Å². The quantitative estimate of drug-likeness (QED) is 0.546. The second kappa shape index (κ2) is 4.81. The van der Waals surface area contributed by atoms with Gasteiger partial charge in [-0.3, -0.25) is 9.59 Å². The van der Waals surface area contributed by atoms with Crippen LogP contribution >= 0.6 is 0 Å². The molecule has 1 rings (SSSR count). The molecule has 1 fully saturated rings. The van der Waals surface area contributed by atoms with Gasteiger partial charge in [-0.25, -0.2) is 0 Å². The fourth-order valence-corrected chi connectivity index (χ4v) is 2.23. The van der Waals surface area contributed by atoms with Crippen molar-refractivity contribution in [3.63, 3.8) is 0 Å². The number of ether oxygens (including phenoxy) is 1. The highest BCUT2D eigenvalue weighted by molar-refractivity contribution is 5.85. The zero-order chi connectivity index (χ0) is 12.3. The monoisotopic (exact) mass is 224 g/mol. The Labute approximate surface area is 96.9 Å². The van der Waals surface area contributed by atoms with Gasteiger partial charge in [-0.05, 0) is 13.3 Å². The van der Waals surface area contributed by atoms with E-state index in [1.54, 1.807) is 6.92 Å². The molecule has 0 aliphatic heterocycles.